The van der Waals surface area contributed by atoms with E-state index >= 15 is 0 Å². The molecule has 0 unspecified atom stereocenters. The zero-order chi connectivity index (χ0) is 17.0. The van der Waals surface area contributed by atoms with E-state index in [2.05, 4.69) is 22.5 Å². The second-order valence-electron chi connectivity index (χ2n) is 4.62. The predicted molar refractivity (Wildman–Crippen MR) is 92.1 cm³/mol. The first-order valence-electron chi connectivity index (χ1n) is 6.48. The van der Waals surface area contributed by atoms with Gasteiger partial charge in [0.1, 0.15) is 0 Å². The standard InChI is InChI=1S/C15H13BrN2O4S/c1-12(16)11-17(13-5-3-2-4-6-13)23(21,22)15-9-7-14(8-10-15)18(19)20/h2-10H,1,11H2. The van der Waals surface area contributed by atoms with Crippen molar-refractivity contribution in [2.75, 3.05) is 10.8 Å². The van der Waals surface area contributed by atoms with Crippen molar-refractivity contribution in [3.05, 3.63) is 75.8 Å². The summed E-state index contributed by atoms with van der Waals surface area (Å²) in [4.78, 5) is 10.1. The minimum absolute atomic E-state index is 0.0271. The molecule has 23 heavy (non-hydrogen) atoms. The molecule has 0 aliphatic carbocycles. The van der Waals surface area contributed by atoms with Crippen LogP contribution in [0.15, 0.2) is 70.6 Å². The second-order valence-corrected chi connectivity index (χ2v) is 7.60. The highest BCUT2D eigenvalue weighted by Gasteiger charge is 2.25. The molecular formula is C15H13BrN2O4S. The number of rotatable bonds is 6. The van der Waals surface area contributed by atoms with Gasteiger partial charge in [0.15, 0.2) is 0 Å². The third-order valence-corrected chi connectivity index (χ3v) is 5.03. The maximum atomic E-state index is 12.8. The first-order valence-corrected chi connectivity index (χ1v) is 8.71. The van der Waals surface area contributed by atoms with Gasteiger partial charge in [-0.15, -0.1) is 0 Å². The molecule has 0 spiro atoms. The number of anilines is 1. The summed E-state index contributed by atoms with van der Waals surface area (Å²) >= 11 is 3.18. The molecule has 120 valence electrons. The first kappa shape index (κ1) is 17.2. The van der Waals surface area contributed by atoms with E-state index < -0.39 is 14.9 Å². The van der Waals surface area contributed by atoms with E-state index in [4.69, 9.17) is 0 Å². The van der Waals surface area contributed by atoms with Crippen LogP contribution in [-0.4, -0.2) is 19.9 Å². The molecule has 0 heterocycles. The zero-order valence-electron chi connectivity index (χ0n) is 11.9. The summed E-state index contributed by atoms with van der Waals surface area (Å²) in [5.41, 5.74) is 0.312. The summed E-state index contributed by atoms with van der Waals surface area (Å²) in [7, 11) is -3.87. The van der Waals surface area contributed by atoms with Crippen LogP contribution in [0.25, 0.3) is 0 Å². The number of hydrogen-bond acceptors (Lipinski definition) is 4. The average molecular weight is 397 g/mol. The first-order chi connectivity index (χ1) is 10.8. The van der Waals surface area contributed by atoms with Gasteiger partial charge in [-0.2, -0.15) is 0 Å². The topological polar surface area (TPSA) is 80.5 Å². The van der Waals surface area contributed by atoms with Crippen LogP contribution in [0.4, 0.5) is 11.4 Å². The summed E-state index contributed by atoms with van der Waals surface area (Å²) < 4.78 is 27.4. The molecule has 0 saturated heterocycles. The van der Waals surface area contributed by atoms with Crippen LogP contribution in [0.2, 0.25) is 0 Å². The minimum atomic E-state index is -3.87. The van der Waals surface area contributed by atoms with Crippen LogP contribution >= 0.6 is 15.9 Å². The molecule has 0 bridgehead atoms. The normalized spacial score (nSPS) is 11.0. The van der Waals surface area contributed by atoms with Crippen molar-refractivity contribution in [3.8, 4) is 0 Å². The van der Waals surface area contributed by atoms with Gasteiger partial charge in [0, 0.05) is 16.6 Å². The van der Waals surface area contributed by atoms with Crippen molar-refractivity contribution in [1.82, 2.24) is 0 Å². The highest BCUT2D eigenvalue weighted by molar-refractivity contribution is 9.11. The van der Waals surface area contributed by atoms with Gasteiger partial charge in [0.05, 0.1) is 22.1 Å². The fourth-order valence-electron chi connectivity index (χ4n) is 1.93. The maximum Gasteiger partial charge on any atom is 0.269 e. The summed E-state index contributed by atoms with van der Waals surface area (Å²) in [5.74, 6) is 0. The highest BCUT2D eigenvalue weighted by atomic mass is 79.9. The van der Waals surface area contributed by atoms with Crippen molar-refractivity contribution >= 4 is 37.3 Å². The lowest BCUT2D eigenvalue weighted by Crippen LogP contribution is -2.32. The molecule has 6 nitrogen and oxygen atoms in total. The Kier molecular flexibility index (Phi) is 5.17. The van der Waals surface area contributed by atoms with Crippen molar-refractivity contribution in [2.24, 2.45) is 0 Å². The highest BCUT2D eigenvalue weighted by Crippen LogP contribution is 2.26. The summed E-state index contributed by atoms with van der Waals surface area (Å²) in [6.45, 7) is 3.73. The fraction of sp³-hybridized carbons (Fsp3) is 0.0667. The largest absolute Gasteiger partial charge is 0.269 e. The minimum Gasteiger partial charge on any atom is -0.261 e. The second kappa shape index (κ2) is 6.93. The molecule has 0 aromatic heterocycles. The molecule has 0 aliphatic rings. The van der Waals surface area contributed by atoms with Crippen LogP contribution in [0, 0.1) is 10.1 Å². The number of non-ortho nitro benzene ring substituents is 1. The Morgan fingerprint density at radius 1 is 1.13 bits per heavy atom. The Hall–Kier alpha value is -2.19. The van der Waals surface area contributed by atoms with Crippen LogP contribution in [0.1, 0.15) is 0 Å². The molecule has 0 amide bonds. The van der Waals surface area contributed by atoms with Gasteiger partial charge in [-0.1, -0.05) is 40.7 Å². The van der Waals surface area contributed by atoms with E-state index in [1.54, 1.807) is 30.3 Å². The molecular weight excluding hydrogens is 384 g/mol. The Labute approximate surface area is 142 Å². The third kappa shape index (κ3) is 3.96. The Morgan fingerprint density at radius 2 is 1.70 bits per heavy atom. The lowest BCUT2D eigenvalue weighted by atomic mass is 10.3. The van der Waals surface area contributed by atoms with Gasteiger partial charge in [-0.3, -0.25) is 14.4 Å². The lowest BCUT2D eigenvalue weighted by Gasteiger charge is -2.24. The molecule has 0 saturated carbocycles. The van der Waals surface area contributed by atoms with Crippen LogP contribution in [-0.2, 0) is 10.0 Å². The predicted octanol–water partition coefficient (Wildman–Crippen LogP) is 3.70. The summed E-state index contributed by atoms with van der Waals surface area (Å²) in [6, 6.07) is 13.3. The molecule has 0 atom stereocenters. The van der Waals surface area contributed by atoms with E-state index in [0.29, 0.717) is 10.2 Å². The number of sulfonamides is 1. The number of benzene rings is 2. The lowest BCUT2D eigenvalue weighted by molar-refractivity contribution is -0.384. The SMILES string of the molecule is C=C(Br)CN(c1ccccc1)S(=O)(=O)c1ccc([N+](=O)[O-])cc1. The van der Waals surface area contributed by atoms with Crippen LogP contribution < -0.4 is 4.31 Å². The van der Waals surface area contributed by atoms with E-state index in [1.807, 2.05) is 0 Å². The number of nitro benzene ring substituents is 1. The smallest absolute Gasteiger partial charge is 0.261 e. The Bertz CT molecular complexity index is 820. The quantitative estimate of drug-likeness (QED) is 0.550. The van der Waals surface area contributed by atoms with Gasteiger partial charge in [-0.25, -0.2) is 8.42 Å². The van der Waals surface area contributed by atoms with Gasteiger partial charge in [0.2, 0.25) is 0 Å². The van der Waals surface area contributed by atoms with Crippen LogP contribution in [0.5, 0.6) is 0 Å². The number of nitrogens with zero attached hydrogens (tertiary/aromatic N) is 2. The van der Waals surface area contributed by atoms with E-state index in [-0.39, 0.29) is 17.1 Å². The third-order valence-electron chi connectivity index (χ3n) is 2.99. The Balaban J connectivity index is 2.47. The van der Waals surface area contributed by atoms with Crippen molar-refractivity contribution in [1.29, 1.82) is 0 Å². The molecule has 0 fully saturated rings. The molecule has 2 aromatic rings. The zero-order valence-corrected chi connectivity index (χ0v) is 14.3. The summed E-state index contributed by atoms with van der Waals surface area (Å²) in [6.07, 6.45) is 0. The number of para-hydroxylation sites is 1. The van der Waals surface area contributed by atoms with E-state index in [9.17, 15) is 18.5 Å². The molecule has 2 aromatic carbocycles. The molecule has 0 radical (unpaired) electrons. The molecule has 8 heteroatoms. The van der Waals surface area contributed by atoms with Crippen molar-refractivity contribution in [2.45, 2.75) is 4.90 Å². The van der Waals surface area contributed by atoms with Crippen molar-refractivity contribution in [3.63, 3.8) is 0 Å². The van der Waals surface area contributed by atoms with Gasteiger partial charge in [-0.05, 0) is 24.3 Å². The molecule has 0 N–H and O–H groups in total. The van der Waals surface area contributed by atoms with E-state index in [1.165, 1.54) is 28.6 Å². The molecule has 2 rings (SSSR count). The molecule has 0 aliphatic heterocycles. The monoisotopic (exact) mass is 396 g/mol. The summed E-state index contributed by atoms with van der Waals surface area (Å²) in [5, 5.41) is 10.7. The van der Waals surface area contributed by atoms with Gasteiger partial charge >= 0.3 is 0 Å². The number of hydrogen-bond donors (Lipinski definition) is 0. The fourth-order valence-corrected chi connectivity index (χ4v) is 3.81. The van der Waals surface area contributed by atoms with Crippen molar-refractivity contribution < 1.29 is 13.3 Å². The average Bonchev–Trinajstić information content (AvgIpc) is 2.53. The Morgan fingerprint density at radius 3 is 2.17 bits per heavy atom. The number of halogens is 1. The maximum absolute atomic E-state index is 12.8. The number of nitro groups is 1. The van der Waals surface area contributed by atoms with Crippen LogP contribution in [0.3, 0.4) is 0 Å². The van der Waals surface area contributed by atoms with Gasteiger partial charge in [0.25, 0.3) is 15.7 Å². The van der Waals surface area contributed by atoms with E-state index in [0.717, 1.165) is 0 Å². The van der Waals surface area contributed by atoms with Gasteiger partial charge < -0.3 is 0 Å².